The van der Waals surface area contributed by atoms with Crippen molar-refractivity contribution in [2.45, 2.75) is 33.2 Å². The molecule has 1 heterocycles. The minimum atomic E-state index is 0.367. The standard InChI is InChI=1S/C11H18N4S/c1-6-8(9(12)16)10(15(4)14-6)13-7-5-11(7,2)3/h7,13H,5H2,1-4H3,(H2,12,16). The Balaban J connectivity index is 2.30. The molecule has 1 fully saturated rings. The molecule has 0 aliphatic heterocycles. The Morgan fingerprint density at radius 3 is 2.62 bits per heavy atom. The highest BCUT2D eigenvalue weighted by atomic mass is 32.1. The van der Waals surface area contributed by atoms with Crippen LogP contribution in [-0.2, 0) is 7.05 Å². The van der Waals surface area contributed by atoms with Gasteiger partial charge in [-0.2, -0.15) is 5.10 Å². The van der Waals surface area contributed by atoms with Gasteiger partial charge >= 0.3 is 0 Å². The fourth-order valence-corrected chi connectivity index (χ4v) is 2.24. The largest absolute Gasteiger partial charge is 0.389 e. The molecule has 1 aromatic rings. The highest BCUT2D eigenvalue weighted by Gasteiger charge is 2.46. The van der Waals surface area contributed by atoms with E-state index in [1.165, 1.54) is 6.42 Å². The first-order valence-electron chi connectivity index (χ1n) is 5.43. The Morgan fingerprint density at radius 2 is 2.19 bits per heavy atom. The highest BCUT2D eigenvalue weighted by molar-refractivity contribution is 7.80. The lowest BCUT2D eigenvalue weighted by molar-refractivity contribution is 0.626. The predicted molar refractivity (Wildman–Crippen MR) is 69.6 cm³/mol. The van der Waals surface area contributed by atoms with Crippen LogP contribution in [0.15, 0.2) is 0 Å². The van der Waals surface area contributed by atoms with Crippen LogP contribution in [-0.4, -0.2) is 20.8 Å². The summed E-state index contributed by atoms with van der Waals surface area (Å²) in [5.74, 6) is 0.945. The number of aromatic nitrogens is 2. The SMILES string of the molecule is Cc1nn(C)c(NC2CC2(C)C)c1C(N)=S. The van der Waals surface area contributed by atoms with E-state index in [1.807, 2.05) is 18.7 Å². The third-order valence-corrected chi connectivity index (χ3v) is 3.50. The lowest BCUT2D eigenvalue weighted by Crippen LogP contribution is -2.17. The first-order valence-corrected chi connectivity index (χ1v) is 5.83. The van der Waals surface area contributed by atoms with E-state index in [9.17, 15) is 0 Å². The van der Waals surface area contributed by atoms with Gasteiger partial charge in [0, 0.05) is 13.1 Å². The van der Waals surface area contributed by atoms with Crippen molar-refractivity contribution >= 4 is 23.0 Å². The van der Waals surface area contributed by atoms with Crippen molar-refractivity contribution in [3.05, 3.63) is 11.3 Å². The van der Waals surface area contributed by atoms with Crippen LogP contribution < -0.4 is 11.1 Å². The van der Waals surface area contributed by atoms with E-state index in [4.69, 9.17) is 18.0 Å². The predicted octanol–water partition coefficient (Wildman–Crippen LogP) is 1.57. The van der Waals surface area contributed by atoms with E-state index < -0.39 is 0 Å². The van der Waals surface area contributed by atoms with Gasteiger partial charge in [-0.15, -0.1) is 0 Å². The number of nitrogens with two attached hydrogens (primary N) is 1. The van der Waals surface area contributed by atoms with Crippen LogP contribution in [0.2, 0.25) is 0 Å². The van der Waals surface area contributed by atoms with Crippen LogP contribution in [0.5, 0.6) is 0 Å². The van der Waals surface area contributed by atoms with E-state index in [0.29, 0.717) is 16.4 Å². The third-order valence-electron chi connectivity index (χ3n) is 3.29. The van der Waals surface area contributed by atoms with Crippen LogP contribution in [0.4, 0.5) is 5.82 Å². The number of hydrogen-bond acceptors (Lipinski definition) is 3. The lowest BCUT2D eigenvalue weighted by Gasteiger charge is -2.10. The lowest BCUT2D eigenvalue weighted by atomic mass is 10.2. The maximum absolute atomic E-state index is 5.73. The van der Waals surface area contributed by atoms with E-state index in [1.54, 1.807) is 0 Å². The average Bonchev–Trinajstić information content (AvgIpc) is 2.59. The average molecular weight is 238 g/mol. The maximum Gasteiger partial charge on any atom is 0.134 e. The van der Waals surface area contributed by atoms with Crippen molar-refractivity contribution in [2.24, 2.45) is 18.2 Å². The number of thiocarbonyl (C=S) groups is 1. The summed E-state index contributed by atoms with van der Waals surface area (Å²) >= 11 is 5.07. The molecule has 1 aliphatic carbocycles. The smallest absolute Gasteiger partial charge is 0.134 e. The molecule has 0 spiro atoms. The summed E-state index contributed by atoms with van der Waals surface area (Å²) < 4.78 is 1.82. The third kappa shape index (κ3) is 1.80. The van der Waals surface area contributed by atoms with Gasteiger partial charge in [-0.25, -0.2) is 0 Å². The summed E-state index contributed by atoms with van der Waals surface area (Å²) in [5, 5.41) is 7.83. The van der Waals surface area contributed by atoms with E-state index >= 15 is 0 Å². The van der Waals surface area contributed by atoms with Crippen LogP contribution in [0.1, 0.15) is 31.5 Å². The number of nitrogens with zero attached hydrogens (tertiary/aromatic N) is 2. The number of nitrogens with one attached hydrogen (secondary N) is 1. The molecule has 88 valence electrons. The Labute approximate surface area is 101 Å². The molecular formula is C11H18N4S. The second-order valence-corrected chi connectivity index (χ2v) is 5.63. The Hall–Kier alpha value is -1.10. The molecule has 1 aromatic heterocycles. The molecule has 2 rings (SSSR count). The Morgan fingerprint density at radius 1 is 1.62 bits per heavy atom. The summed E-state index contributed by atoms with van der Waals surface area (Å²) in [6.07, 6.45) is 1.17. The summed E-state index contributed by atoms with van der Waals surface area (Å²) in [6, 6.07) is 0.496. The summed E-state index contributed by atoms with van der Waals surface area (Å²) in [5.41, 5.74) is 7.86. The van der Waals surface area contributed by atoms with Crippen molar-refractivity contribution in [2.75, 3.05) is 5.32 Å². The van der Waals surface area contributed by atoms with Gasteiger partial charge in [-0.1, -0.05) is 26.1 Å². The Kier molecular flexibility index (Phi) is 2.45. The molecule has 5 heteroatoms. The van der Waals surface area contributed by atoms with Gasteiger partial charge in [0.2, 0.25) is 0 Å². The van der Waals surface area contributed by atoms with Gasteiger partial charge < -0.3 is 11.1 Å². The topological polar surface area (TPSA) is 55.9 Å². The summed E-state index contributed by atoms with van der Waals surface area (Å²) in [6.45, 7) is 6.42. The Bertz CT molecular complexity index is 447. The van der Waals surface area contributed by atoms with Crippen LogP contribution in [0.3, 0.4) is 0 Å². The highest BCUT2D eigenvalue weighted by Crippen LogP contribution is 2.46. The summed E-state index contributed by atoms with van der Waals surface area (Å²) in [7, 11) is 1.91. The van der Waals surface area contributed by atoms with Gasteiger partial charge in [-0.3, -0.25) is 4.68 Å². The van der Waals surface area contributed by atoms with E-state index in [0.717, 1.165) is 17.1 Å². The van der Waals surface area contributed by atoms with Crippen molar-refractivity contribution < 1.29 is 0 Å². The number of hydrogen-bond donors (Lipinski definition) is 2. The quantitative estimate of drug-likeness (QED) is 0.785. The van der Waals surface area contributed by atoms with Gasteiger partial charge in [0.15, 0.2) is 0 Å². The molecule has 0 saturated heterocycles. The van der Waals surface area contributed by atoms with Crippen molar-refractivity contribution in [3.8, 4) is 0 Å². The first kappa shape index (κ1) is 11.4. The molecule has 0 aromatic carbocycles. The molecule has 1 aliphatic rings. The van der Waals surface area contributed by atoms with Gasteiger partial charge in [0.05, 0.1) is 11.3 Å². The second kappa shape index (κ2) is 3.45. The number of aryl methyl sites for hydroxylation is 2. The molecule has 0 radical (unpaired) electrons. The van der Waals surface area contributed by atoms with Gasteiger partial charge in [-0.05, 0) is 18.8 Å². The van der Waals surface area contributed by atoms with Crippen LogP contribution in [0, 0.1) is 12.3 Å². The minimum Gasteiger partial charge on any atom is -0.389 e. The molecule has 3 N–H and O–H groups in total. The van der Waals surface area contributed by atoms with Crippen molar-refractivity contribution in [3.63, 3.8) is 0 Å². The molecule has 1 atom stereocenters. The van der Waals surface area contributed by atoms with Crippen LogP contribution >= 0.6 is 12.2 Å². The summed E-state index contributed by atoms with van der Waals surface area (Å²) in [4.78, 5) is 0.409. The molecule has 16 heavy (non-hydrogen) atoms. The second-order valence-electron chi connectivity index (χ2n) is 5.19. The van der Waals surface area contributed by atoms with Gasteiger partial charge in [0.25, 0.3) is 0 Å². The zero-order chi connectivity index (χ0) is 12.1. The molecular weight excluding hydrogens is 220 g/mol. The molecule has 0 amide bonds. The van der Waals surface area contributed by atoms with Crippen molar-refractivity contribution in [1.29, 1.82) is 0 Å². The van der Waals surface area contributed by atoms with Gasteiger partial charge in [0.1, 0.15) is 10.8 Å². The number of anilines is 1. The zero-order valence-electron chi connectivity index (χ0n) is 10.2. The molecule has 4 nitrogen and oxygen atoms in total. The van der Waals surface area contributed by atoms with E-state index in [-0.39, 0.29) is 0 Å². The number of rotatable bonds is 3. The zero-order valence-corrected chi connectivity index (χ0v) is 11.0. The van der Waals surface area contributed by atoms with Crippen LogP contribution in [0.25, 0.3) is 0 Å². The maximum atomic E-state index is 5.73. The molecule has 0 bridgehead atoms. The first-order chi connectivity index (χ1) is 7.33. The molecule has 1 unspecified atom stereocenters. The monoisotopic (exact) mass is 238 g/mol. The fourth-order valence-electron chi connectivity index (χ4n) is 2.00. The van der Waals surface area contributed by atoms with E-state index in [2.05, 4.69) is 24.3 Å². The normalized spacial score (nSPS) is 21.9. The minimum absolute atomic E-state index is 0.367. The fraction of sp³-hybridized carbons (Fsp3) is 0.636. The molecule has 1 saturated carbocycles. The van der Waals surface area contributed by atoms with Crippen molar-refractivity contribution in [1.82, 2.24) is 9.78 Å².